The number of fused-ring (bicyclic) bond motifs is 1. The van der Waals surface area contributed by atoms with Gasteiger partial charge < -0.3 is 16.0 Å². The van der Waals surface area contributed by atoms with Gasteiger partial charge >= 0.3 is 0 Å². The molecule has 1 amide bonds. The number of hydrogen-bond donors (Lipinski definition) is 2. The van der Waals surface area contributed by atoms with Crippen LogP contribution in [0.5, 0.6) is 0 Å². The molecule has 1 saturated heterocycles. The average Bonchev–Trinajstić information content (AvgIpc) is 3.29. The summed E-state index contributed by atoms with van der Waals surface area (Å²) in [7, 11) is 0. The van der Waals surface area contributed by atoms with E-state index in [0.717, 1.165) is 44.7 Å². The van der Waals surface area contributed by atoms with Crippen LogP contribution in [0.25, 0.3) is 9.53 Å². The summed E-state index contributed by atoms with van der Waals surface area (Å²) in [4.78, 5) is 21.0. The lowest BCUT2D eigenvalue weighted by molar-refractivity contribution is 0.0782. The lowest BCUT2D eigenvalue weighted by atomic mass is 9.90. The number of thiazole rings is 1. The predicted octanol–water partition coefficient (Wildman–Crippen LogP) is 3.91. The molecule has 25 heavy (non-hydrogen) atoms. The molecule has 2 aromatic heterocycles. The second kappa shape index (κ2) is 6.40. The number of likely N-dealkylation sites (tertiary alicyclic amines) is 1. The zero-order valence-electron chi connectivity index (χ0n) is 14.0. The summed E-state index contributed by atoms with van der Waals surface area (Å²) in [6.45, 7) is 4.29. The average molecular weight is 373 g/mol. The van der Waals surface area contributed by atoms with E-state index in [9.17, 15) is 4.79 Å². The van der Waals surface area contributed by atoms with Gasteiger partial charge in [-0.25, -0.2) is 4.98 Å². The fourth-order valence-corrected chi connectivity index (χ4v) is 5.16. The van der Waals surface area contributed by atoms with Crippen LogP contribution in [0.2, 0.25) is 0 Å². The quantitative estimate of drug-likeness (QED) is 0.728. The van der Waals surface area contributed by atoms with Crippen LogP contribution in [-0.2, 0) is 0 Å². The van der Waals surface area contributed by atoms with Gasteiger partial charge in [0.05, 0.1) is 9.58 Å². The number of carbonyl (C=O) groups is 1. The number of amides is 1. The number of nitrogens with zero attached hydrogens (tertiary/aromatic N) is 2. The summed E-state index contributed by atoms with van der Waals surface area (Å²) in [6, 6.07) is 11.9. The van der Waals surface area contributed by atoms with Crippen molar-refractivity contribution in [1.29, 1.82) is 0 Å². The number of hydrogen-bond acceptors (Lipinski definition) is 6. The van der Waals surface area contributed by atoms with Crippen LogP contribution in [0.15, 0.2) is 36.4 Å². The van der Waals surface area contributed by atoms with Crippen molar-refractivity contribution in [3.05, 3.63) is 41.3 Å². The van der Waals surface area contributed by atoms with Crippen molar-refractivity contribution < 1.29 is 4.79 Å². The maximum Gasteiger partial charge on any atom is 0.264 e. The summed E-state index contributed by atoms with van der Waals surface area (Å²) in [6.07, 6.45) is 0.971. The molecular formula is C18H20N4OS2. The van der Waals surface area contributed by atoms with Crippen molar-refractivity contribution >= 4 is 48.9 Å². The standard InChI is InChI=1S/C18H20N4OS2/c1-18(10-19)7-8-22(11-18)16(23)14-9-13-15(24-14)21-17(25-13)20-12-5-3-2-4-6-12/h2-6,9H,7-8,10-11,19H2,1H3,(H,20,21). The smallest absolute Gasteiger partial charge is 0.264 e. The molecule has 3 heterocycles. The van der Waals surface area contributed by atoms with Crippen LogP contribution in [0.4, 0.5) is 10.8 Å². The zero-order chi connectivity index (χ0) is 17.4. The largest absolute Gasteiger partial charge is 0.337 e. The molecule has 1 aromatic carbocycles. The molecular weight excluding hydrogens is 352 g/mol. The van der Waals surface area contributed by atoms with Gasteiger partial charge in [-0.3, -0.25) is 4.79 Å². The van der Waals surface area contributed by atoms with Gasteiger partial charge in [0.1, 0.15) is 4.83 Å². The van der Waals surface area contributed by atoms with Gasteiger partial charge in [-0.2, -0.15) is 0 Å². The van der Waals surface area contributed by atoms with Crippen molar-refractivity contribution in [1.82, 2.24) is 9.88 Å². The third-order valence-corrected chi connectivity index (χ3v) is 6.73. The molecule has 0 spiro atoms. The fraction of sp³-hybridized carbons (Fsp3) is 0.333. The number of thiophene rings is 1. The monoisotopic (exact) mass is 372 g/mol. The van der Waals surface area contributed by atoms with E-state index in [4.69, 9.17) is 5.73 Å². The molecule has 1 unspecified atom stereocenters. The Morgan fingerprint density at radius 3 is 2.84 bits per heavy atom. The topological polar surface area (TPSA) is 71.2 Å². The molecule has 130 valence electrons. The van der Waals surface area contributed by atoms with Crippen molar-refractivity contribution in [3.63, 3.8) is 0 Å². The van der Waals surface area contributed by atoms with Gasteiger partial charge in [0.15, 0.2) is 5.13 Å². The predicted molar refractivity (Wildman–Crippen MR) is 105 cm³/mol. The Bertz CT molecular complexity index is 873. The van der Waals surface area contributed by atoms with Gasteiger partial charge in [-0.1, -0.05) is 36.5 Å². The highest BCUT2D eigenvalue weighted by Gasteiger charge is 2.35. The Labute approximate surface area is 154 Å². The van der Waals surface area contributed by atoms with Crippen LogP contribution in [0.1, 0.15) is 23.0 Å². The van der Waals surface area contributed by atoms with Crippen LogP contribution in [0, 0.1) is 5.41 Å². The highest BCUT2D eigenvalue weighted by molar-refractivity contribution is 7.29. The summed E-state index contributed by atoms with van der Waals surface area (Å²) in [5, 5.41) is 4.16. The Kier molecular flexibility index (Phi) is 4.23. The Balaban J connectivity index is 1.51. The van der Waals surface area contributed by atoms with E-state index in [-0.39, 0.29) is 11.3 Å². The summed E-state index contributed by atoms with van der Waals surface area (Å²) in [5.41, 5.74) is 6.91. The highest BCUT2D eigenvalue weighted by Crippen LogP contribution is 2.36. The summed E-state index contributed by atoms with van der Waals surface area (Å²) < 4.78 is 1.05. The molecule has 0 aliphatic carbocycles. The van der Waals surface area contributed by atoms with Crippen molar-refractivity contribution in [2.45, 2.75) is 13.3 Å². The van der Waals surface area contributed by atoms with Crippen LogP contribution < -0.4 is 11.1 Å². The number of aromatic nitrogens is 1. The normalized spacial score (nSPS) is 20.3. The maximum absolute atomic E-state index is 12.8. The molecule has 3 N–H and O–H groups in total. The maximum atomic E-state index is 12.8. The Hall–Kier alpha value is -1.96. The summed E-state index contributed by atoms with van der Waals surface area (Å²) >= 11 is 3.04. The van der Waals surface area contributed by atoms with Gasteiger partial charge in [0.25, 0.3) is 5.91 Å². The van der Waals surface area contributed by atoms with Crippen LogP contribution in [-0.4, -0.2) is 35.4 Å². The highest BCUT2D eigenvalue weighted by atomic mass is 32.1. The Morgan fingerprint density at radius 2 is 2.16 bits per heavy atom. The molecule has 0 radical (unpaired) electrons. The zero-order valence-corrected chi connectivity index (χ0v) is 15.6. The molecule has 5 nitrogen and oxygen atoms in total. The van der Waals surface area contributed by atoms with Gasteiger partial charge in [0, 0.05) is 18.8 Å². The van der Waals surface area contributed by atoms with Gasteiger partial charge in [0.2, 0.25) is 0 Å². The second-order valence-electron chi connectivity index (χ2n) is 6.78. The van der Waals surface area contributed by atoms with Gasteiger partial charge in [-0.15, -0.1) is 11.3 Å². The first-order valence-corrected chi connectivity index (χ1v) is 9.91. The van der Waals surface area contributed by atoms with Crippen LogP contribution >= 0.6 is 22.7 Å². The minimum absolute atomic E-state index is 0.0509. The first-order chi connectivity index (χ1) is 12.1. The number of para-hydroxylation sites is 1. The molecule has 0 bridgehead atoms. The molecule has 3 aromatic rings. The van der Waals surface area contributed by atoms with E-state index in [1.165, 1.54) is 11.3 Å². The van der Waals surface area contributed by atoms with Crippen molar-refractivity contribution in [2.24, 2.45) is 11.1 Å². The molecule has 4 rings (SSSR count). The molecule has 1 aliphatic rings. The van der Waals surface area contributed by atoms with Crippen molar-refractivity contribution in [2.75, 3.05) is 25.0 Å². The molecule has 0 saturated carbocycles. The molecule has 1 aliphatic heterocycles. The fourth-order valence-electron chi connectivity index (χ4n) is 3.06. The molecule has 7 heteroatoms. The number of nitrogens with one attached hydrogen (secondary N) is 1. The minimum Gasteiger partial charge on any atom is -0.337 e. The number of benzene rings is 1. The Morgan fingerprint density at radius 1 is 1.36 bits per heavy atom. The second-order valence-corrected chi connectivity index (χ2v) is 8.84. The van der Waals surface area contributed by atoms with E-state index < -0.39 is 0 Å². The van der Waals surface area contributed by atoms with E-state index in [1.54, 1.807) is 11.3 Å². The summed E-state index contributed by atoms with van der Waals surface area (Å²) in [5.74, 6) is 0.102. The first kappa shape index (κ1) is 16.5. The minimum atomic E-state index is 0.0509. The number of anilines is 2. The molecule has 1 fully saturated rings. The number of carbonyl (C=O) groups excluding carboxylic acids is 1. The third kappa shape index (κ3) is 3.27. The third-order valence-electron chi connectivity index (χ3n) is 4.66. The lowest BCUT2D eigenvalue weighted by Gasteiger charge is -2.22. The number of nitrogens with two attached hydrogens (primary N) is 1. The van der Waals surface area contributed by atoms with E-state index in [1.807, 2.05) is 41.3 Å². The van der Waals surface area contributed by atoms with Gasteiger partial charge in [-0.05, 0) is 36.6 Å². The molecule has 1 atom stereocenters. The SMILES string of the molecule is CC1(CN)CCN(C(=O)c2cc3sc(Nc4ccccc4)nc3s2)C1. The van der Waals surface area contributed by atoms with Crippen molar-refractivity contribution in [3.8, 4) is 0 Å². The lowest BCUT2D eigenvalue weighted by Crippen LogP contribution is -2.34. The number of rotatable bonds is 4. The van der Waals surface area contributed by atoms with E-state index in [2.05, 4.69) is 17.2 Å². The van der Waals surface area contributed by atoms with E-state index in [0.29, 0.717) is 6.54 Å². The first-order valence-electron chi connectivity index (χ1n) is 8.28. The van der Waals surface area contributed by atoms with Crippen LogP contribution in [0.3, 0.4) is 0 Å². The van der Waals surface area contributed by atoms with E-state index >= 15 is 0 Å².